The third-order valence-corrected chi connectivity index (χ3v) is 6.26. The van der Waals surface area contributed by atoms with Crippen molar-refractivity contribution in [3.8, 4) is 11.3 Å². The van der Waals surface area contributed by atoms with Crippen LogP contribution in [-0.2, 0) is 26.0 Å². The third kappa shape index (κ3) is 4.45. The van der Waals surface area contributed by atoms with Crippen molar-refractivity contribution in [2.75, 3.05) is 13.2 Å². The van der Waals surface area contributed by atoms with E-state index in [9.17, 15) is 17.7 Å². The van der Waals surface area contributed by atoms with Crippen LogP contribution in [0.2, 0.25) is 0 Å². The number of hydrogen-bond donors (Lipinski definition) is 0. The average molecular weight is 403 g/mol. The molecule has 2 aromatic rings. The smallest absolute Gasteiger partial charge is 0.360 e. The second-order valence-corrected chi connectivity index (χ2v) is 8.35. The first kappa shape index (κ1) is 20.1. The fourth-order valence-electron chi connectivity index (χ4n) is 3.01. The molecule has 0 spiro atoms. The van der Waals surface area contributed by atoms with E-state index in [-0.39, 0.29) is 36.6 Å². The Morgan fingerprint density at radius 2 is 1.81 bits per heavy atom. The summed E-state index contributed by atoms with van der Waals surface area (Å²) in [5, 5.41) is 3.92. The van der Waals surface area contributed by atoms with Crippen molar-refractivity contribution in [3.05, 3.63) is 41.2 Å². The second kappa shape index (κ2) is 7.78. The molecule has 1 saturated carbocycles. The Kier molecular flexibility index (Phi) is 5.79. The molecule has 1 aromatic carbocycles. The molecule has 148 valence electrons. The maximum Gasteiger partial charge on any atom is 0.417 e. The van der Waals surface area contributed by atoms with Gasteiger partial charge in [0.15, 0.2) is 0 Å². The Bertz CT molecular complexity index is 835. The molecule has 0 amide bonds. The van der Waals surface area contributed by atoms with Crippen LogP contribution in [0.15, 0.2) is 28.8 Å². The van der Waals surface area contributed by atoms with Gasteiger partial charge < -0.3 is 13.6 Å². The quantitative estimate of drug-likeness (QED) is 0.506. The fraction of sp³-hybridized carbons (Fsp3) is 0.500. The van der Waals surface area contributed by atoms with Gasteiger partial charge in [-0.05, 0) is 32.8 Å². The maximum absolute atomic E-state index is 13.5. The molecule has 1 aliphatic rings. The van der Waals surface area contributed by atoms with Crippen LogP contribution in [0.3, 0.4) is 0 Å². The topological polar surface area (TPSA) is 61.6 Å². The van der Waals surface area contributed by atoms with Crippen molar-refractivity contribution >= 4 is 7.60 Å². The predicted molar refractivity (Wildman–Crippen MR) is 93.5 cm³/mol. The Balaban J connectivity index is 2.10. The summed E-state index contributed by atoms with van der Waals surface area (Å²) < 4.78 is 69.4. The SMILES string of the molecule is CCOP(=O)(Cc1c(-c2ccccc2C(F)(F)F)noc1C1CC1)OCC. The zero-order valence-corrected chi connectivity index (χ0v) is 16.0. The molecule has 0 aliphatic heterocycles. The van der Waals surface area contributed by atoms with Gasteiger partial charge in [-0.3, -0.25) is 4.57 Å². The normalized spacial score (nSPS) is 15.3. The van der Waals surface area contributed by atoms with E-state index < -0.39 is 19.3 Å². The fourth-order valence-corrected chi connectivity index (χ4v) is 4.74. The first-order chi connectivity index (χ1) is 12.8. The van der Waals surface area contributed by atoms with Crippen LogP contribution in [0.5, 0.6) is 0 Å². The Morgan fingerprint density at radius 3 is 2.37 bits per heavy atom. The highest BCUT2D eigenvalue weighted by Crippen LogP contribution is 2.55. The number of nitrogens with zero attached hydrogens (tertiary/aromatic N) is 1. The predicted octanol–water partition coefficient (Wildman–Crippen LogP) is 6.00. The molecular weight excluding hydrogens is 382 g/mol. The lowest BCUT2D eigenvalue weighted by molar-refractivity contribution is -0.137. The molecule has 0 saturated heterocycles. The molecule has 1 heterocycles. The Labute approximate surface area is 155 Å². The lowest BCUT2D eigenvalue weighted by Crippen LogP contribution is -2.08. The van der Waals surface area contributed by atoms with E-state index in [2.05, 4.69) is 5.16 Å². The van der Waals surface area contributed by atoms with E-state index in [0.717, 1.165) is 18.9 Å². The highest BCUT2D eigenvalue weighted by Gasteiger charge is 2.39. The lowest BCUT2D eigenvalue weighted by atomic mass is 10.00. The molecular formula is C18H21F3NO4P. The van der Waals surface area contributed by atoms with E-state index in [0.29, 0.717) is 11.3 Å². The van der Waals surface area contributed by atoms with E-state index in [4.69, 9.17) is 13.6 Å². The molecule has 1 aromatic heterocycles. The van der Waals surface area contributed by atoms with Crippen LogP contribution in [0.1, 0.15) is 49.5 Å². The summed E-state index contributed by atoms with van der Waals surface area (Å²) in [4.78, 5) is 0. The first-order valence-corrected chi connectivity index (χ1v) is 10.5. The molecule has 0 bridgehead atoms. The van der Waals surface area contributed by atoms with Crippen molar-refractivity contribution in [2.24, 2.45) is 0 Å². The van der Waals surface area contributed by atoms with Crippen LogP contribution in [0, 0.1) is 0 Å². The number of rotatable bonds is 8. The van der Waals surface area contributed by atoms with Crippen molar-refractivity contribution in [1.29, 1.82) is 0 Å². The summed E-state index contributed by atoms with van der Waals surface area (Å²) in [5.41, 5.74) is -0.497. The summed E-state index contributed by atoms with van der Waals surface area (Å²) >= 11 is 0. The molecule has 5 nitrogen and oxygen atoms in total. The molecule has 1 aliphatic carbocycles. The number of aromatic nitrogens is 1. The van der Waals surface area contributed by atoms with E-state index in [1.165, 1.54) is 18.2 Å². The molecule has 9 heteroatoms. The van der Waals surface area contributed by atoms with Gasteiger partial charge in [0.2, 0.25) is 0 Å². The Morgan fingerprint density at radius 1 is 1.19 bits per heavy atom. The lowest BCUT2D eigenvalue weighted by Gasteiger charge is -2.18. The van der Waals surface area contributed by atoms with Crippen molar-refractivity contribution in [3.63, 3.8) is 0 Å². The monoisotopic (exact) mass is 403 g/mol. The molecule has 27 heavy (non-hydrogen) atoms. The van der Waals surface area contributed by atoms with Gasteiger partial charge >= 0.3 is 13.8 Å². The first-order valence-electron chi connectivity index (χ1n) is 8.82. The largest absolute Gasteiger partial charge is 0.417 e. The van der Waals surface area contributed by atoms with Gasteiger partial charge in [-0.1, -0.05) is 23.4 Å². The van der Waals surface area contributed by atoms with Crippen LogP contribution in [0.4, 0.5) is 13.2 Å². The molecule has 0 unspecified atom stereocenters. The van der Waals surface area contributed by atoms with E-state index >= 15 is 0 Å². The van der Waals surface area contributed by atoms with Gasteiger partial charge in [-0.2, -0.15) is 13.2 Å². The molecule has 3 rings (SSSR count). The molecule has 0 radical (unpaired) electrons. The summed E-state index contributed by atoms with van der Waals surface area (Å²) in [5.74, 6) is 0.553. The Hall–Kier alpha value is -1.63. The zero-order chi connectivity index (χ0) is 19.7. The average Bonchev–Trinajstić information content (AvgIpc) is 3.36. The minimum absolute atomic E-state index is 0.0458. The van der Waals surface area contributed by atoms with E-state index in [1.54, 1.807) is 13.8 Å². The van der Waals surface area contributed by atoms with Crippen LogP contribution >= 0.6 is 7.60 Å². The highest BCUT2D eigenvalue weighted by atomic mass is 31.2. The third-order valence-electron chi connectivity index (χ3n) is 4.26. The van der Waals surface area contributed by atoms with Gasteiger partial charge in [0.05, 0.1) is 24.9 Å². The summed E-state index contributed by atoms with van der Waals surface area (Å²) in [6.45, 7) is 3.69. The summed E-state index contributed by atoms with van der Waals surface area (Å²) in [6, 6.07) is 5.16. The van der Waals surface area contributed by atoms with Gasteiger partial charge in [-0.25, -0.2) is 0 Å². The van der Waals surface area contributed by atoms with Crippen molar-refractivity contribution < 1.29 is 31.3 Å². The molecule has 1 fully saturated rings. The summed E-state index contributed by atoms with van der Waals surface area (Å²) in [6.07, 6.45) is -3.01. The minimum Gasteiger partial charge on any atom is -0.360 e. The second-order valence-electron chi connectivity index (χ2n) is 6.30. The van der Waals surface area contributed by atoms with Crippen LogP contribution in [-0.4, -0.2) is 18.4 Å². The number of halogens is 3. The standard InChI is InChI=1S/C18H21F3NO4P/c1-3-24-27(23,25-4-2)11-14-16(22-26-17(14)12-9-10-12)13-7-5-6-8-15(13)18(19,20)21/h5-8,12H,3-4,9-11H2,1-2H3. The van der Waals surface area contributed by atoms with Gasteiger partial charge in [0.25, 0.3) is 0 Å². The van der Waals surface area contributed by atoms with Crippen molar-refractivity contribution in [1.82, 2.24) is 5.16 Å². The molecule has 0 N–H and O–H groups in total. The molecule has 0 atom stereocenters. The number of hydrogen-bond acceptors (Lipinski definition) is 5. The van der Waals surface area contributed by atoms with Crippen molar-refractivity contribution in [2.45, 2.75) is 44.9 Å². The van der Waals surface area contributed by atoms with Gasteiger partial charge in [0, 0.05) is 17.0 Å². The van der Waals surface area contributed by atoms with Crippen LogP contribution in [0.25, 0.3) is 11.3 Å². The number of alkyl halides is 3. The zero-order valence-electron chi connectivity index (χ0n) is 15.1. The highest BCUT2D eigenvalue weighted by molar-refractivity contribution is 7.53. The minimum atomic E-state index is -4.55. The number of benzene rings is 1. The summed E-state index contributed by atoms with van der Waals surface area (Å²) in [7, 11) is -3.53. The maximum atomic E-state index is 13.5. The van der Waals surface area contributed by atoms with E-state index in [1.807, 2.05) is 0 Å². The van der Waals surface area contributed by atoms with Gasteiger partial charge in [0.1, 0.15) is 11.5 Å². The van der Waals surface area contributed by atoms with Gasteiger partial charge in [-0.15, -0.1) is 0 Å². The van der Waals surface area contributed by atoms with Crippen LogP contribution < -0.4 is 0 Å².